The molecule has 2 fully saturated rings. The smallest absolute Gasteiger partial charge is 0.262 e. The van der Waals surface area contributed by atoms with E-state index in [1.807, 2.05) is 4.90 Å². The van der Waals surface area contributed by atoms with Crippen molar-refractivity contribution in [2.45, 2.75) is 38.3 Å². The second-order valence-corrected chi connectivity index (χ2v) is 4.90. The largest absolute Gasteiger partial charge is 0.311 e. The number of rotatable bonds is 1. The first-order chi connectivity index (χ1) is 6.48. The summed E-state index contributed by atoms with van der Waals surface area (Å²) in [4.78, 5) is 1.95. The number of nitrogens with one attached hydrogen (secondary N) is 1. The molecule has 2 nitrogen and oxygen atoms in total. The van der Waals surface area contributed by atoms with Gasteiger partial charge < -0.3 is 5.32 Å². The van der Waals surface area contributed by atoms with Crippen molar-refractivity contribution in [3.05, 3.63) is 0 Å². The van der Waals surface area contributed by atoms with Crippen LogP contribution >= 0.6 is 24.8 Å². The van der Waals surface area contributed by atoms with Gasteiger partial charge in [-0.05, 0) is 5.92 Å². The Kier molecular flexibility index (Phi) is 5.93. The second kappa shape index (κ2) is 5.80. The van der Waals surface area contributed by atoms with Crippen molar-refractivity contribution in [1.82, 2.24) is 10.2 Å². The number of alkyl halides is 2. The molecule has 2 rings (SSSR count). The van der Waals surface area contributed by atoms with Gasteiger partial charge in [-0.15, -0.1) is 24.8 Å². The second-order valence-electron chi connectivity index (χ2n) is 4.90. The fourth-order valence-electron chi connectivity index (χ4n) is 2.43. The van der Waals surface area contributed by atoms with E-state index >= 15 is 0 Å². The lowest BCUT2D eigenvalue weighted by Crippen LogP contribution is -2.55. The highest BCUT2D eigenvalue weighted by Gasteiger charge is 2.47. The third-order valence-corrected chi connectivity index (χ3v) is 3.34. The molecule has 2 aliphatic rings. The molecule has 0 saturated carbocycles. The maximum atomic E-state index is 13.1. The SMILES string of the molecule is CC(C)[C@H]1CN2CC(F)(F)C[C@H]2CN1.Cl.Cl. The third kappa shape index (κ3) is 3.42. The zero-order valence-corrected chi connectivity index (χ0v) is 11.2. The number of hydrogen-bond acceptors (Lipinski definition) is 2. The van der Waals surface area contributed by atoms with E-state index in [1.165, 1.54) is 0 Å². The molecule has 6 heteroatoms. The Balaban J connectivity index is 0.00000112. The Morgan fingerprint density at radius 2 is 1.94 bits per heavy atom. The van der Waals surface area contributed by atoms with Gasteiger partial charge in [-0.25, -0.2) is 8.78 Å². The molecule has 2 heterocycles. The number of fused-ring (bicyclic) bond motifs is 1. The molecule has 16 heavy (non-hydrogen) atoms. The van der Waals surface area contributed by atoms with E-state index in [-0.39, 0.29) is 43.8 Å². The zero-order valence-electron chi connectivity index (χ0n) is 9.58. The quantitative estimate of drug-likeness (QED) is 0.790. The predicted molar refractivity (Wildman–Crippen MR) is 66.0 cm³/mol. The molecule has 0 bridgehead atoms. The standard InChI is InChI=1S/C10H18F2N2.2ClH/c1-7(2)9-5-14-6-10(11,12)3-8(14)4-13-9;;/h7-9,13H,3-6H2,1-2H3;2*1H/t8-,9+;;/m0../s1. The van der Waals surface area contributed by atoms with Crippen molar-refractivity contribution < 1.29 is 8.78 Å². The number of nitrogens with zero attached hydrogens (tertiary/aromatic N) is 1. The van der Waals surface area contributed by atoms with E-state index in [4.69, 9.17) is 0 Å². The Labute approximate surface area is 108 Å². The van der Waals surface area contributed by atoms with Gasteiger partial charge >= 0.3 is 0 Å². The van der Waals surface area contributed by atoms with Crippen LogP contribution in [0.4, 0.5) is 8.78 Å². The lowest BCUT2D eigenvalue weighted by Gasteiger charge is -2.37. The van der Waals surface area contributed by atoms with E-state index in [1.54, 1.807) is 0 Å². The monoisotopic (exact) mass is 276 g/mol. The Hall–Kier alpha value is 0.360. The van der Waals surface area contributed by atoms with Gasteiger partial charge in [-0.1, -0.05) is 13.8 Å². The molecular formula is C10H20Cl2F2N2. The van der Waals surface area contributed by atoms with Crippen molar-refractivity contribution in [2.24, 2.45) is 5.92 Å². The zero-order chi connectivity index (χ0) is 10.3. The van der Waals surface area contributed by atoms with Crippen LogP contribution in [0.1, 0.15) is 20.3 Å². The normalized spacial score (nSPS) is 32.8. The van der Waals surface area contributed by atoms with Crippen LogP contribution in [-0.2, 0) is 0 Å². The minimum Gasteiger partial charge on any atom is -0.311 e. The van der Waals surface area contributed by atoms with Crippen molar-refractivity contribution >= 4 is 24.8 Å². The summed E-state index contributed by atoms with van der Waals surface area (Å²) in [6.07, 6.45) is 0.0326. The molecule has 0 unspecified atom stereocenters. The lowest BCUT2D eigenvalue weighted by molar-refractivity contribution is 0.0112. The minimum absolute atomic E-state index is 0. The topological polar surface area (TPSA) is 15.3 Å². The minimum atomic E-state index is -2.46. The summed E-state index contributed by atoms with van der Waals surface area (Å²) in [7, 11) is 0. The van der Waals surface area contributed by atoms with E-state index in [0.717, 1.165) is 13.1 Å². The average Bonchev–Trinajstić information content (AvgIpc) is 2.36. The van der Waals surface area contributed by atoms with Crippen LogP contribution in [-0.4, -0.2) is 42.5 Å². The molecule has 2 aliphatic heterocycles. The highest BCUT2D eigenvalue weighted by Crippen LogP contribution is 2.33. The lowest BCUT2D eigenvalue weighted by atomic mass is 10.0. The van der Waals surface area contributed by atoms with Crippen LogP contribution in [0.15, 0.2) is 0 Å². The molecule has 0 amide bonds. The van der Waals surface area contributed by atoms with Gasteiger partial charge in [-0.3, -0.25) is 4.90 Å². The molecule has 0 aromatic rings. The predicted octanol–water partition coefficient (Wildman–Crippen LogP) is 2.17. The van der Waals surface area contributed by atoms with Gasteiger partial charge in [0.05, 0.1) is 6.54 Å². The first-order valence-electron chi connectivity index (χ1n) is 5.33. The van der Waals surface area contributed by atoms with Crippen LogP contribution in [0.3, 0.4) is 0 Å². The molecule has 2 saturated heterocycles. The first-order valence-corrected chi connectivity index (χ1v) is 5.33. The van der Waals surface area contributed by atoms with Gasteiger partial charge in [0.2, 0.25) is 0 Å². The van der Waals surface area contributed by atoms with E-state index in [0.29, 0.717) is 12.0 Å². The van der Waals surface area contributed by atoms with Crippen molar-refractivity contribution in [1.29, 1.82) is 0 Å². The maximum absolute atomic E-state index is 13.1. The van der Waals surface area contributed by atoms with Gasteiger partial charge in [0, 0.05) is 31.6 Å². The van der Waals surface area contributed by atoms with E-state index < -0.39 is 5.92 Å². The molecule has 2 atom stereocenters. The van der Waals surface area contributed by atoms with Gasteiger partial charge in [0.1, 0.15) is 0 Å². The Morgan fingerprint density at radius 3 is 2.50 bits per heavy atom. The molecule has 0 radical (unpaired) electrons. The summed E-state index contributed by atoms with van der Waals surface area (Å²) in [6, 6.07) is 0.431. The summed E-state index contributed by atoms with van der Waals surface area (Å²) in [6.45, 7) is 5.72. The molecule has 1 N–H and O–H groups in total. The van der Waals surface area contributed by atoms with Gasteiger partial charge in [-0.2, -0.15) is 0 Å². The van der Waals surface area contributed by atoms with E-state index in [9.17, 15) is 8.78 Å². The molecule has 0 aliphatic carbocycles. The van der Waals surface area contributed by atoms with Crippen LogP contribution in [0, 0.1) is 5.92 Å². The summed E-state index contributed by atoms with van der Waals surface area (Å²) >= 11 is 0. The molecule has 0 aromatic heterocycles. The third-order valence-electron chi connectivity index (χ3n) is 3.34. The van der Waals surface area contributed by atoms with Crippen LogP contribution in [0.5, 0.6) is 0 Å². The number of piperazine rings is 1. The summed E-state index contributed by atoms with van der Waals surface area (Å²) in [5, 5.41) is 3.35. The fraction of sp³-hybridized carbons (Fsp3) is 1.00. The van der Waals surface area contributed by atoms with Gasteiger partial charge in [0.25, 0.3) is 5.92 Å². The molecular weight excluding hydrogens is 257 g/mol. The van der Waals surface area contributed by atoms with Crippen LogP contribution in [0.25, 0.3) is 0 Å². The molecule has 98 valence electrons. The summed E-state index contributed by atoms with van der Waals surface area (Å²) in [5.41, 5.74) is 0. The first kappa shape index (κ1) is 16.4. The van der Waals surface area contributed by atoms with Crippen LogP contribution < -0.4 is 5.32 Å². The molecule has 0 aromatic carbocycles. The number of hydrogen-bond donors (Lipinski definition) is 1. The van der Waals surface area contributed by atoms with E-state index in [2.05, 4.69) is 19.2 Å². The Bertz CT molecular complexity index is 227. The van der Waals surface area contributed by atoms with Crippen molar-refractivity contribution in [3.8, 4) is 0 Å². The highest BCUT2D eigenvalue weighted by molar-refractivity contribution is 5.85. The maximum Gasteiger partial charge on any atom is 0.262 e. The Morgan fingerprint density at radius 1 is 1.31 bits per heavy atom. The van der Waals surface area contributed by atoms with Crippen molar-refractivity contribution in [2.75, 3.05) is 19.6 Å². The van der Waals surface area contributed by atoms with Crippen molar-refractivity contribution in [3.63, 3.8) is 0 Å². The summed E-state index contributed by atoms with van der Waals surface area (Å²) in [5.74, 6) is -1.94. The fourth-order valence-corrected chi connectivity index (χ4v) is 2.43. The summed E-state index contributed by atoms with van der Waals surface area (Å²) < 4.78 is 26.2. The van der Waals surface area contributed by atoms with Crippen LogP contribution in [0.2, 0.25) is 0 Å². The van der Waals surface area contributed by atoms with Gasteiger partial charge in [0.15, 0.2) is 0 Å². The highest BCUT2D eigenvalue weighted by atomic mass is 35.5. The molecule has 0 spiro atoms. The number of halogens is 4. The average molecular weight is 277 g/mol.